The smallest absolute Gasteiger partial charge is 0.359 e. The molecule has 1 saturated carbocycles. The van der Waals surface area contributed by atoms with Crippen LogP contribution in [0.5, 0.6) is 0 Å². The lowest BCUT2D eigenvalue weighted by atomic mass is 9.69. The topological polar surface area (TPSA) is 96.0 Å². The van der Waals surface area contributed by atoms with Gasteiger partial charge < -0.3 is 9.47 Å². The van der Waals surface area contributed by atoms with E-state index < -0.39 is 41.4 Å². The molecular formula is C13H17FO7. The molecule has 0 aromatic heterocycles. The quantitative estimate of drug-likeness (QED) is 0.550. The van der Waals surface area contributed by atoms with E-state index >= 15 is 0 Å². The van der Waals surface area contributed by atoms with E-state index in [-0.39, 0.29) is 26.1 Å². The van der Waals surface area contributed by atoms with E-state index in [1.54, 1.807) is 13.8 Å². The number of ketones is 1. The average Bonchev–Trinajstić information content (AvgIpc) is 2.47. The molecule has 1 aliphatic carbocycles. The Kier molecular flexibility index (Phi) is 5.80. The average molecular weight is 304 g/mol. The highest BCUT2D eigenvalue weighted by molar-refractivity contribution is 6.06. The highest BCUT2D eigenvalue weighted by Gasteiger charge is 2.55. The molecule has 1 rings (SSSR count). The maximum Gasteiger partial charge on any atom is 0.359 e. The number of hydrogen-bond donors (Lipinski definition) is 0. The molecule has 21 heavy (non-hydrogen) atoms. The van der Waals surface area contributed by atoms with Gasteiger partial charge >= 0.3 is 17.9 Å². The molecule has 1 fully saturated rings. The molecular weight excluding hydrogens is 287 g/mol. The van der Waals surface area contributed by atoms with Gasteiger partial charge in [0, 0.05) is 10.9 Å². The molecule has 0 aliphatic heterocycles. The number of Topliss-reactive ketones (excluding diaryl/α,β-unsaturated/α-hetero) is 1. The Morgan fingerprint density at radius 3 is 2.14 bits per heavy atom. The molecule has 8 heteroatoms. The van der Waals surface area contributed by atoms with E-state index in [1.165, 1.54) is 0 Å². The zero-order valence-electron chi connectivity index (χ0n) is 11.8. The first-order valence-electron chi connectivity index (χ1n) is 6.62. The molecule has 0 radical (unpaired) electrons. The second-order valence-electron chi connectivity index (χ2n) is 4.64. The maximum atomic E-state index is 12.1. The second kappa shape index (κ2) is 7.14. The van der Waals surface area contributed by atoms with Crippen molar-refractivity contribution < 1.29 is 38.1 Å². The van der Waals surface area contributed by atoms with Crippen LogP contribution in [0.4, 0.5) is 4.53 Å². The molecule has 0 aromatic carbocycles. The van der Waals surface area contributed by atoms with Crippen LogP contribution < -0.4 is 0 Å². The van der Waals surface area contributed by atoms with Crippen LogP contribution in [-0.2, 0) is 33.6 Å². The molecule has 1 aliphatic rings. The summed E-state index contributed by atoms with van der Waals surface area (Å²) < 4.78 is 21.8. The molecule has 1 unspecified atom stereocenters. The normalized spacial score (nSPS) is 20.5. The third-order valence-corrected chi connectivity index (χ3v) is 3.43. The molecule has 118 valence electrons. The zero-order chi connectivity index (χ0) is 16.0. The largest absolute Gasteiger partial charge is 0.465 e. The first kappa shape index (κ1) is 17.1. The molecule has 0 N–H and O–H groups in total. The van der Waals surface area contributed by atoms with Crippen LogP contribution in [0.15, 0.2) is 0 Å². The highest BCUT2D eigenvalue weighted by Crippen LogP contribution is 2.40. The van der Waals surface area contributed by atoms with Crippen molar-refractivity contribution in [2.75, 3.05) is 13.2 Å². The Hall–Kier alpha value is -1.99. The SMILES string of the molecule is CCOC(=O)C1(C(=O)OCC)CCC(=O)C(C(=O)OF)C1. The molecule has 1 atom stereocenters. The van der Waals surface area contributed by atoms with Crippen LogP contribution in [-0.4, -0.2) is 36.9 Å². The Morgan fingerprint density at radius 2 is 1.71 bits per heavy atom. The summed E-state index contributed by atoms with van der Waals surface area (Å²) in [6.45, 7) is 3.15. The van der Waals surface area contributed by atoms with Crippen LogP contribution >= 0.6 is 0 Å². The van der Waals surface area contributed by atoms with Gasteiger partial charge in [-0.3, -0.25) is 19.3 Å². The number of esters is 2. The van der Waals surface area contributed by atoms with E-state index in [4.69, 9.17) is 9.47 Å². The molecule has 7 nitrogen and oxygen atoms in total. The van der Waals surface area contributed by atoms with Gasteiger partial charge in [0.25, 0.3) is 0 Å². The molecule has 0 bridgehead atoms. The van der Waals surface area contributed by atoms with E-state index in [1.807, 2.05) is 0 Å². The number of carbonyl (C=O) groups is 4. The molecule has 0 spiro atoms. The van der Waals surface area contributed by atoms with Gasteiger partial charge in [-0.15, -0.1) is 0 Å². The summed E-state index contributed by atoms with van der Waals surface area (Å²) in [7, 11) is 0. The summed E-state index contributed by atoms with van der Waals surface area (Å²) >= 11 is 0. The predicted molar refractivity (Wildman–Crippen MR) is 65.2 cm³/mol. The van der Waals surface area contributed by atoms with Crippen molar-refractivity contribution in [2.45, 2.75) is 33.1 Å². The van der Waals surface area contributed by atoms with Gasteiger partial charge in [-0.25, -0.2) is 4.79 Å². The third-order valence-electron chi connectivity index (χ3n) is 3.43. The summed E-state index contributed by atoms with van der Waals surface area (Å²) in [4.78, 5) is 50.3. The van der Waals surface area contributed by atoms with Crippen LogP contribution in [0.1, 0.15) is 33.1 Å². The van der Waals surface area contributed by atoms with Gasteiger partial charge in [0.05, 0.1) is 13.2 Å². The third kappa shape index (κ3) is 3.37. The number of carbonyl (C=O) groups excluding carboxylic acids is 4. The Labute approximate surface area is 120 Å². The van der Waals surface area contributed by atoms with Crippen molar-refractivity contribution in [1.29, 1.82) is 0 Å². The predicted octanol–water partition coefficient (Wildman–Crippen LogP) is 0.896. The van der Waals surface area contributed by atoms with Gasteiger partial charge in [0.2, 0.25) is 0 Å². The van der Waals surface area contributed by atoms with Crippen molar-refractivity contribution in [1.82, 2.24) is 0 Å². The zero-order valence-corrected chi connectivity index (χ0v) is 11.8. The van der Waals surface area contributed by atoms with Gasteiger partial charge in [0.1, 0.15) is 11.7 Å². The lowest BCUT2D eigenvalue weighted by Crippen LogP contribution is -2.49. The summed E-state index contributed by atoms with van der Waals surface area (Å²) in [6.07, 6.45) is -0.886. The van der Waals surface area contributed by atoms with E-state index in [9.17, 15) is 23.7 Å². The summed E-state index contributed by atoms with van der Waals surface area (Å²) in [5.41, 5.74) is -1.78. The summed E-state index contributed by atoms with van der Waals surface area (Å²) in [6, 6.07) is 0. The van der Waals surface area contributed by atoms with Gasteiger partial charge in [0.15, 0.2) is 5.41 Å². The molecule has 0 aromatic rings. The van der Waals surface area contributed by atoms with Gasteiger partial charge in [-0.05, 0) is 26.7 Å². The standard InChI is InChI=1S/C13H17FO7/c1-3-19-11(17)13(12(18)20-4-2)6-5-9(15)8(7-13)10(16)21-14/h8H,3-7H2,1-2H3. The van der Waals surface area contributed by atoms with Gasteiger partial charge in [-0.1, -0.05) is 0 Å². The fourth-order valence-corrected chi connectivity index (χ4v) is 2.34. The van der Waals surface area contributed by atoms with Crippen molar-refractivity contribution in [2.24, 2.45) is 11.3 Å². The Morgan fingerprint density at radius 1 is 1.19 bits per heavy atom. The first-order chi connectivity index (χ1) is 9.92. The van der Waals surface area contributed by atoms with Crippen LogP contribution in [0.3, 0.4) is 0 Å². The Balaban J connectivity index is 3.12. The van der Waals surface area contributed by atoms with E-state index in [0.717, 1.165) is 0 Å². The highest BCUT2D eigenvalue weighted by atomic mass is 19.3. The van der Waals surface area contributed by atoms with Gasteiger partial charge in [-0.2, -0.15) is 0 Å². The maximum absolute atomic E-state index is 12.1. The monoisotopic (exact) mass is 304 g/mol. The number of ether oxygens (including phenoxy) is 2. The molecule has 0 saturated heterocycles. The summed E-state index contributed by atoms with van der Waals surface area (Å²) in [5.74, 6) is -5.28. The second-order valence-corrected chi connectivity index (χ2v) is 4.64. The van der Waals surface area contributed by atoms with Crippen molar-refractivity contribution in [3.63, 3.8) is 0 Å². The fraction of sp³-hybridized carbons (Fsp3) is 0.692. The minimum Gasteiger partial charge on any atom is -0.465 e. The van der Waals surface area contributed by atoms with Crippen molar-refractivity contribution in [3.8, 4) is 0 Å². The number of rotatable bonds is 5. The number of hydrogen-bond acceptors (Lipinski definition) is 7. The molecule has 0 heterocycles. The van der Waals surface area contributed by atoms with E-state index in [0.29, 0.717) is 0 Å². The van der Waals surface area contributed by atoms with E-state index in [2.05, 4.69) is 4.94 Å². The van der Waals surface area contributed by atoms with Crippen molar-refractivity contribution in [3.05, 3.63) is 0 Å². The summed E-state index contributed by atoms with van der Waals surface area (Å²) in [5, 5.41) is 0. The van der Waals surface area contributed by atoms with Crippen LogP contribution in [0.25, 0.3) is 0 Å². The minimum atomic E-state index is -1.78. The minimum absolute atomic E-state index is 0.0200. The van der Waals surface area contributed by atoms with Crippen molar-refractivity contribution >= 4 is 23.7 Å². The lowest BCUT2D eigenvalue weighted by Gasteiger charge is -2.34. The first-order valence-corrected chi connectivity index (χ1v) is 6.62. The van der Waals surface area contributed by atoms with Crippen LogP contribution in [0, 0.1) is 11.3 Å². The molecule has 0 amide bonds. The Bertz CT molecular complexity index is 420. The fourth-order valence-electron chi connectivity index (χ4n) is 2.34. The van der Waals surface area contributed by atoms with Crippen LogP contribution in [0.2, 0.25) is 0 Å². The lowest BCUT2D eigenvalue weighted by molar-refractivity contribution is -0.194. The number of halogens is 1.